The van der Waals surface area contributed by atoms with Crippen LogP contribution >= 0.6 is 0 Å². The predicted molar refractivity (Wildman–Crippen MR) is 100 cm³/mol. The van der Waals surface area contributed by atoms with E-state index in [0.717, 1.165) is 36.1 Å². The molecule has 0 saturated carbocycles. The number of carboxylic acids is 1. The normalized spacial score (nSPS) is 12.6. The predicted octanol–water partition coefficient (Wildman–Crippen LogP) is 2.99. The number of fused-ring (bicyclic) bond motifs is 1. The van der Waals surface area contributed by atoms with Gasteiger partial charge in [0.1, 0.15) is 0 Å². The molecule has 1 heterocycles. The maximum absolute atomic E-state index is 12.6. The Hall–Kier alpha value is -3.41. The third-order valence-electron chi connectivity index (χ3n) is 4.83. The number of hydrogen-bond donors (Lipinski definition) is 2. The third kappa shape index (κ3) is 3.46. The fourth-order valence-electron chi connectivity index (χ4n) is 3.50. The molecule has 1 aromatic heterocycles. The molecule has 27 heavy (non-hydrogen) atoms. The lowest BCUT2D eigenvalue weighted by atomic mass is 10.0. The Morgan fingerprint density at radius 3 is 2.78 bits per heavy atom. The zero-order chi connectivity index (χ0) is 18.8. The topological polar surface area (TPSA) is 84.2 Å². The van der Waals surface area contributed by atoms with Crippen LogP contribution in [0.3, 0.4) is 0 Å². The number of hydrogen-bond acceptors (Lipinski definition) is 3. The van der Waals surface area contributed by atoms with Crippen LogP contribution in [0.2, 0.25) is 0 Å². The Bertz CT molecular complexity index is 1020. The third-order valence-corrected chi connectivity index (χ3v) is 4.83. The molecular formula is C21H19N3O3. The highest BCUT2D eigenvalue weighted by Gasteiger charge is 2.18. The van der Waals surface area contributed by atoms with E-state index in [-0.39, 0.29) is 11.6 Å². The largest absolute Gasteiger partial charge is 0.476 e. The molecule has 0 radical (unpaired) electrons. The van der Waals surface area contributed by atoms with Gasteiger partial charge in [-0.05, 0) is 60.2 Å². The van der Waals surface area contributed by atoms with Crippen LogP contribution in [-0.4, -0.2) is 26.8 Å². The first kappa shape index (κ1) is 17.0. The zero-order valence-corrected chi connectivity index (χ0v) is 14.7. The van der Waals surface area contributed by atoms with Crippen molar-refractivity contribution in [3.8, 4) is 5.69 Å². The highest BCUT2D eigenvalue weighted by molar-refractivity contribution is 5.96. The zero-order valence-electron chi connectivity index (χ0n) is 14.7. The molecule has 6 heteroatoms. The van der Waals surface area contributed by atoms with Gasteiger partial charge >= 0.3 is 5.97 Å². The van der Waals surface area contributed by atoms with Crippen LogP contribution in [0, 0.1) is 0 Å². The molecule has 1 aliphatic carbocycles. The Kier molecular flexibility index (Phi) is 4.46. The summed E-state index contributed by atoms with van der Waals surface area (Å²) in [4.78, 5) is 23.6. The van der Waals surface area contributed by atoms with Gasteiger partial charge in [0.2, 0.25) is 0 Å². The first-order valence-electron chi connectivity index (χ1n) is 8.89. The van der Waals surface area contributed by atoms with Gasteiger partial charge in [0.15, 0.2) is 5.69 Å². The summed E-state index contributed by atoms with van der Waals surface area (Å²) in [5.41, 5.74) is 4.86. The molecule has 136 valence electrons. The van der Waals surface area contributed by atoms with Gasteiger partial charge in [-0.3, -0.25) is 4.79 Å². The van der Waals surface area contributed by atoms with Crippen LogP contribution < -0.4 is 5.32 Å². The van der Waals surface area contributed by atoms with Crippen molar-refractivity contribution in [1.29, 1.82) is 0 Å². The number of aromatic carboxylic acids is 1. The maximum Gasteiger partial charge on any atom is 0.356 e. The van der Waals surface area contributed by atoms with Crippen LogP contribution in [-0.2, 0) is 19.4 Å². The van der Waals surface area contributed by atoms with Crippen molar-refractivity contribution < 1.29 is 14.7 Å². The fraction of sp³-hybridized carbons (Fsp3) is 0.190. The van der Waals surface area contributed by atoms with Gasteiger partial charge in [-0.2, -0.15) is 5.10 Å². The molecule has 2 aromatic carbocycles. The van der Waals surface area contributed by atoms with E-state index in [4.69, 9.17) is 5.11 Å². The van der Waals surface area contributed by atoms with E-state index < -0.39 is 5.97 Å². The van der Waals surface area contributed by atoms with Gasteiger partial charge in [0.05, 0.1) is 5.69 Å². The molecule has 0 aliphatic heterocycles. The van der Waals surface area contributed by atoms with Crippen LogP contribution in [0.4, 0.5) is 0 Å². The van der Waals surface area contributed by atoms with Crippen molar-refractivity contribution in [3.63, 3.8) is 0 Å². The van der Waals surface area contributed by atoms with Gasteiger partial charge in [-0.25, -0.2) is 9.48 Å². The van der Waals surface area contributed by atoms with Crippen LogP contribution in [0.15, 0.2) is 54.7 Å². The number of carbonyl (C=O) groups excluding carboxylic acids is 1. The van der Waals surface area contributed by atoms with Crippen molar-refractivity contribution in [2.24, 2.45) is 0 Å². The number of carbonyl (C=O) groups is 2. The molecule has 0 spiro atoms. The van der Waals surface area contributed by atoms with Gasteiger partial charge < -0.3 is 10.4 Å². The molecule has 0 bridgehead atoms. The molecule has 0 atom stereocenters. The minimum atomic E-state index is -1.06. The highest BCUT2D eigenvalue weighted by atomic mass is 16.4. The molecule has 0 saturated heterocycles. The lowest BCUT2D eigenvalue weighted by molar-refractivity contribution is 0.0689. The van der Waals surface area contributed by atoms with Crippen molar-refractivity contribution >= 4 is 11.9 Å². The van der Waals surface area contributed by atoms with Crippen LogP contribution in [0.1, 0.15) is 44.0 Å². The van der Waals surface area contributed by atoms with E-state index in [1.165, 1.54) is 21.9 Å². The highest BCUT2D eigenvalue weighted by Crippen LogP contribution is 2.25. The molecule has 3 aromatic rings. The summed E-state index contributed by atoms with van der Waals surface area (Å²) >= 11 is 0. The number of nitrogens with one attached hydrogen (secondary N) is 1. The summed E-state index contributed by atoms with van der Waals surface area (Å²) in [5, 5.41) is 16.0. The maximum atomic E-state index is 12.6. The van der Waals surface area contributed by atoms with Gasteiger partial charge in [-0.15, -0.1) is 0 Å². The van der Waals surface area contributed by atoms with Gasteiger partial charge in [0.25, 0.3) is 5.91 Å². The number of amides is 1. The lowest BCUT2D eigenvalue weighted by Crippen LogP contribution is -2.24. The average Bonchev–Trinajstić information content (AvgIpc) is 3.35. The minimum Gasteiger partial charge on any atom is -0.476 e. The summed E-state index contributed by atoms with van der Waals surface area (Å²) in [6.07, 6.45) is 4.71. The van der Waals surface area contributed by atoms with Crippen molar-refractivity contribution in [1.82, 2.24) is 15.1 Å². The Labute approximate surface area is 156 Å². The number of aryl methyl sites for hydroxylation is 1. The van der Waals surface area contributed by atoms with Crippen molar-refractivity contribution in [2.45, 2.75) is 25.8 Å². The monoisotopic (exact) mass is 361 g/mol. The summed E-state index contributed by atoms with van der Waals surface area (Å²) in [5.74, 6) is -1.13. The second kappa shape index (κ2) is 7.07. The number of rotatable bonds is 5. The summed E-state index contributed by atoms with van der Waals surface area (Å²) in [6, 6.07) is 14.9. The molecule has 0 unspecified atom stereocenters. The first-order valence-corrected chi connectivity index (χ1v) is 8.89. The molecule has 4 rings (SSSR count). The Morgan fingerprint density at radius 2 is 1.96 bits per heavy atom. The average molecular weight is 361 g/mol. The van der Waals surface area contributed by atoms with E-state index in [2.05, 4.69) is 16.5 Å². The molecule has 1 amide bonds. The molecule has 6 nitrogen and oxygen atoms in total. The summed E-state index contributed by atoms with van der Waals surface area (Å²) in [6.45, 7) is 0.392. The number of carboxylic acid groups (broad SMARTS) is 1. The molecular weight excluding hydrogens is 342 g/mol. The molecule has 2 N–H and O–H groups in total. The Balaban J connectivity index is 1.48. The van der Waals surface area contributed by atoms with Crippen molar-refractivity contribution in [3.05, 3.63) is 82.7 Å². The van der Waals surface area contributed by atoms with Crippen LogP contribution in [0.5, 0.6) is 0 Å². The second-order valence-corrected chi connectivity index (χ2v) is 6.60. The summed E-state index contributed by atoms with van der Waals surface area (Å²) in [7, 11) is 0. The Morgan fingerprint density at radius 1 is 1.11 bits per heavy atom. The fourth-order valence-corrected chi connectivity index (χ4v) is 3.50. The quantitative estimate of drug-likeness (QED) is 0.732. The van der Waals surface area contributed by atoms with E-state index >= 15 is 0 Å². The van der Waals surface area contributed by atoms with E-state index in [1.54, 1.807) is 6.20 Å². The summed E-state index contributed by atoms with van der Waals surface area (Å²) < 4.78 is 1.51. The number of benzene rings is 2. The van der Waals surface area contributed by atoms with E-state index in [1.807, 2.05) is 36.4 Å². The van der Waals surface area contributed by atoms with E-state index in [0.29, 0.717) is 6.54 Å². The second-order valence-electron chi connectivity index (χ2n) is 6.60. The van der Waals surface area contributed by atoms with Gasteiger partial charge in [-0.1, -0.05) is 24.3 Å². The van der Waals surface area contributed by atoms with Crippen LogP contribution in [0.25, 0.3) is 5.69 Å². The van der Waals surface area contributed by atoms with Gasteiger partial charge in [0, 0.05) is 18.3 Å². The number of aromatic nitrogens is 2. The van der Waals surface area contributed by atoms with Crippen molar-refractivity contribution in [2.75, 3.05) is 0 Å². The first-order chi connectivity index (χ1) is 13.1. The standard InChI is InChI=1S/C21H19N3O3/c25-20(18-9-3-6-15-5-2-8-17(15)18)22-13-14-4-1-7-16(12-14)24-11-10-19(23-24)21(26)27/h1,3-4,6-7,9-12H,2,5,8,13H2,(H,22,25)(H,26,27). The lowest BCUT2D eigenvalue weighted by Gasteiger charge is -2.10. The molecule has 0 fully saturated rings. The van der Waals surface area contributed by atoms with E-state index in [9.17, 15) is 9.59 Å². The minimum absolute atomic E-state index is 0.00774. The SMILES string of the molecule is O=C(O)c1ccn(-c2cccc(CNC(=O)c3cccc4c3CCC4)c2)n1. The smallest absolute Gasteiger partial charge is 0.356 e. The number of nitrogens with zero attached hydrogens (tertiary/aromatic N) is 2. The molecule has 1 aliphatic rings.